The summed E-state index contributed by atoms with van der Waals surface area (Å²) in [7, 11) is -3.30. The van der Waals surface area contributed by atoms with Crippen molar-refractivity contribution >= 4 is 9.84 Å². The third kappa shape index (κ3) is 2.38. The zero-order valence-corrected chi connectivity index (χ0v) is 17.5. The Morgan fingerprint density at radius 1 is 1.07 bits per heavy atom. The standard InChI is InChI=1S/C21H32N2O3S/c1-20-9-8-16-13(15(20)6-7-18(20)24)5-4-12-10-17-14(11-21(12,16)2)19(23-22-17)27(3,25)26/h12-13,15-16,18,24H,4-11H2,1-3H3,(H,22,23)/t12-,13?,15?,16?,18-,20-,21-/m0/s1. The van der Waals surface area contributed by atoms with Gasteiger partial charge < -0.3 is 5.11 Å². The Kier molecular flexibility index (Phi) is 3.76. The topological polar surface area (TPSA) is 83.0 Å². The molecule has 0 saturated heterocycles. The molecule has 2 N–H and O–H groups in total. The molecule has 3 saturated carbocycles. The maximum atomic E-state index is 12.2. The fraction of sp³-hybridized carbons (Fsp3) is 0.857. The van der Waals surface area contributed by atoms with Crippen LogP contribution in [0.5, 0.6) is 0 Å². The molecule has 0 bridgehead atoms. The fourth-order valence-electron chi connectivity index (χ4n) is 7.79. The first-order chi connectivity index (χ1) is 12.6. The summed E-state index contributed by atoms with van der Waals surface area (Å²) in [6.45, 7) is 4.74. The first kappa shape index (κ1) is 18.2. The highest BCUT2D eigenvalue weighted by Crippen LogP contribution is 2.65. The van der Waals surface area contributed by atoms with Gasteiger partial charge in [0.15, 0.2) is 14.9 Å². The van der Waals surface area contributed by atoms with Gasteiger partial charge in [-0.3, -0.25) is 5.10 Å². The van der Waals surface area contributed by atoms with E-state index in [-0.39, 0.29) is 22.0 Å². The Labute approximate surface area is 162 Å². The summed E-state index contributed by atoms with van der Waals surface area (Å²) in [6.07, 6.45) is 9.77. The number of H-pyrrole nitrogens is 1. The summed E-state index contributed by atoms with van der Waals surface area (Å²) in [5, 5.41) is 18.1. The average Bonchev–Trinajstić information content (AvgIpc) is 3.13. The molecule has 150 valence electrons. The quantitative estimate of drug-likeness (QED) is 0.769. The Morgan fingerprint density at radius 3 is 2.56 bits per heavy atom. The zero-order valence-electron chi connectivity index (χ0n) is 16.7. The molecule has 1 aromatic heterocycles. The average molecular weight is 393 g/mol. The van der Waals surface area contributed by atoms with Gasteiger partial charge in [0.05, 0.1) is 6.10 Å². The van der Waals surface area contributed by atoms with Gasteiger partial charge in [0.1, 0.15) is 0 Å². The van der Waals surface area contributed by atoms with Crippen molar-refractivity contribution in [1.29, 1.82) is 0 Å². The van der Waals surface area contributed by atoms with E-state index in [4.69, 9.17) is 0 Å². The molecule has 3 unspecified atom stereocenters. The number of hydrogen-bond donors (Lipinski definition) is 2. The van der Waals surface area contributed by atoms with Crippen LogP contribution in [0.3, 0.4) is 0 Å². The van der Waals surface area contributed by atoms with Crippen molar-refractivity contribution in [3.05, 3.63) is 11.3 Å². The van der Waals surface area contributed by atoms with E-state index in [9.17, 15) is 13.5 Å². The molecular weight excluding hydrogens is 360 g/mol. The number of rotatable bonds is 1. The van der Waals surface area contributed by atoms with Crippen LogP contribution in [0.4, 0.5) is 0 Å². The summed E-state index contributed by atoms with van der Waals surface area (Å²) in [4.78, 5) is 0. The van der Waals surface area contributed by atoms with E-state index >= 15 is 0 Å². The molecule has 6 heteroatoms. The minimum absolute atomic E-state index is 0.0950. The number of aliphatic hydroxyl groups is 1. The molecule has 4 aliphatic carbocycles. The molecule has 1 aromatic rings. The van der Waals surface area contributed by atoms with E-state index < -0.39 is 9.84 Å². The number of hydrogen-bond acceptors (Lipinski definition) is 4. The highest BCUT2D eigenvalue weighted by atomic mass is 32.2. The predicted octanol–water partition coefficient (Wildman–Crippen LogP) is 3.13. The smallest absolute Gasteiger partial charge is 0.194 e. The highest BCUT2D eigenvalue weighted by Gasteiger charge is 2.60. The van der Waals surface area contributed by atoms with Crippen LogP contribution in [0, 0.1) is 34.5 Å². The lowest BCUT2D eigenvalue weighted by atomic mass is 9.45. The monoisotopic (exact) mass is 392 g/mol. The van der Waals surface area contributed by atoms with Crippen molar-refractivity contribution in [3.8, 4) is 0 Å². The summed E-state index contributed by atoms with van der Waals surface area (Å²) in [5.41, 5.74) is 2.25. The van der Waals surface area contributed by atoms with Gasteiger partial charge in [-0.05, 0) is 85.9 Å². The first-order valence-corrected chi connectivity index (χ1v) is 12.5. The van der Waals surface area contributed by atoms with Gasteiger partial charge in [-0.25, -0.2) is 8.42 Å². The van der Waals surface area contributed by atoms with Crippen molar-refractivity contribution in [2.24, 2.45) is 34.5 Å². The van der Waals surface area contributed by atoms with Gasteiger partial charge in [-0.2, -0.15) is 5.10 Å². The molecule has 3 fully saturated rings. The zero-order chi connectivity index (χ0) is 19.2. The second-order valence-electron chi connectivity index (χ2n) is 10.4. The van der Waals surface area contributed by atoms with E-state index in [1.54, 1.807) is 0 Å². The molecule has 5 rings (SSSR count). The van der Waals surface area contributed by atoms with E-state index in [1.165, 1.54) is 25.5 Å². The molecule has 7 atom stereocenters. The molecule has 1 heterocycles. The highest BCUT2D eigenvalue weighted by molar-refractivity contribution is 7.90. The van der Waals surface area contributed by atoms with E-state index in [2.05, 4.69) is 24.0 Å². The minimum atomic E-state index is -3.30. The van der Waals surface area contributed by atoms with Crippen LogP contribution in [0.2, 0.25) is 0 Å². The Balaban J connectivity index is 1.52. The number of aliphatic hydroxyl groups excluding tert-OH is 1. The van der Waals surface area contributed by atoms with Gasteiger partial charge in [-0.15, -0.1) is 0 Å². The van der Waals surface area contributed by atoms with E-state index in [1.807, 2.05) is 0 Å². The van der Waals surface area contributed by atoms with Gasteiger partial charge in [0.25, 0.3) is 0 Å². The van der Waals surface area contributed by atoms with Crippen molar-refractivity contribution in [2.75, 3.05) is 6.26 Å². The van der Waals surface area contributed by atoms with E-state index in [0.717, 1.165) is 43.4 Å². The molecule has 0 radical (unpaired) electrons. The first-order valence-electron chi connectivity index (χ1n) is 10.6. The van der Waals surface area contributed by atoms with Crippen LogP contribution in [0.15, 0.2) is 5.03 Å². The summed E-state index contributed by atoms with van der Waals surface area (Å²) in [5.74, 6) is 2.55. The number of fused-ring (bicyclic) bond motifs is 6. The lowest BCUT2D eigenvalue weighted by Crippen LogP contribution is -2.54. The number of sulfone groups is 1. The van der Waals surface area contributed by atoms with Gasteiger partial charge in [0, 0.05) is 17.5 Å². The molecule has 0 spiro atoms. The lowest BCUT2D eigenvalue weighted by molar-refractivity contribution is -0.111. The third-order valence-electron chi connectivity index (χ3n) is 9.29. The van der Waals surface area contributed by atoms with Crippen LogP contribution in [-0.4, -0.2) is 36.1 Å². The summed E-state index contributed by atoms with van der Waals surface area (Å²) in [6, 6.07) is 0. The van der Waals surface area contributed by atoms with Gasteiger partial charge >= 0.3 is 0 Å². The molecule has 5 nitrogen and oxygen atoms in total. The van der Waals surface area contributed by atoms with E-state index in [0.29, 0.717) is 23.7 Å². The molecule has 27 heavy (non-hydrogen) atoms. The van der Waals surface area contributed by atoms with Gasteiger partial charge in [-0.1, -0.05) is 13.8 Å². The van der Waals surface area contributed by atoms with Crippen molar-refractivity contribution in [2.45, 2.75) is 76.3 Å². The number of nitrogens with zero attached hydrogens (tertiary/aromatic N) is 1. The summed E-state index contributed by atoms with van der Waals surface area (Å²) < 4.78 is 24.5. The molecule has 4 aliphatic rings. The molecular formula is C21H32N2O3S. The van der Waals surface area contributed by atoms with Gasteiger partial charge in [0.2, 0.25) is 0 Å². The minimum Gasteiger partial charge on any atom is -0.393 e. The lowest BCUT2D eigenvalue weighted by Gasteiger charge is -2.60. The molecule has 0 amide bonds. The SMILES string of the molecule is C[C@]12CCC3C(CC[C@H]4Cc5[nH]nc(S(C)(=O)=O)c5C[C@]34C)C1CC[C@@H]2O. The normalized spacial score (nSPS) is 46.3. The second kappa shape index (κ2) is 5.59. The van der Waals surface area contributed by atoms with Crippen molar-refractivity contribution < 1.29 is 13.5 Å². The third-order valence-corrected chi connectivity index (χ3v) is 10.3. The number of aromatic nitrogens is 2. The number of aromatic amines is 1. The maximum Gasteiger partial charge on any atom is 0.194 e. The number of nitrogens with one attached hydrogen (secondary N) is 1. The largest absolute Gasteiger partial charge is 0.393 e. The van der Waals surface area contributed by atoms with Crippen LogP contribution in [-0.2, 0) is 22.7 Å². The fourth-order valence-corrected chi connectivity index (χ4v) is 8.64. The van der Waals surface area contributed by atoms with Crippen molar-refractivity contribution in [1.82, 2.24) is 10.2 Å². The van der Waals surface area contributed by atoms with Crippen molar-refractivity contribution in [3.63, 3.8) is 0 Å². The Hall–Kier alpha value is -0.880. The van der Waals surface area contributed by atoms with Crippen LogP contribution in [0.25, 0.3) is 0 Å². The van der Waals surface area contributed by atoms with Crippen LogP contribution >= 0.6 is 0 Å². The Bertz CT molecular complexity index is 878. The summed E-state index contributed by atoms with van der Waals surface area (Å²) >= 11 is 0. The second-order valence-corrected chi connectivity index (χ2v) is 12.4. The molecule has 0 aromatic carbocycles. The Morgan fingerprint density at radius 2 is 1.81 bits per heavy atom. The van der Waals surface area contributed by atoms with Crippen LogP contribution < -0.4 is 0 Å². The maximum absolute atomic E-state index is 12.2. The predicted molar refractivity (Wildman–Crippen MR) is 103 cm³/mol. The molecule has 0 aliphatic heterocycles. The van der Waals surface area contributed by atoms with Crippen LogP contribution in [0.1, 0.15) is 63.6 Å².